The van der Waals surface area contributed by atoms with Crippen LogP contribution in [0.15, 0.2) is 18.2 Å². The maximum atomic E-state index is 13.0. The first-order valence-corrected chi connectivity index (χ1v) is 5.18. The van der Waals surface area contributed by atoms with E-state index in [-0.39, 0.29) is 5.82 Å². The SMILES string of the molecule is COc1ccc(F)cc1CNCCCC#N. The van der Waals surface area contributed by atoms with E-state index in [1.807, 2.05) is 0 Å². The van der Waals surface area contributed by atoms with Gasteiger partial charge in [0, 0.05) is 18.5 Å². The molecule has 0 bridgehead atoms. The molecule has 16 heavy (non-hydrogen) atoms. The molecule has 0 aromatic heterocycles. The first-order valence-electron chi connectivity index (χ1n) is 5.18. The molecule has 0 amide bonds. The molecule has 0 aliphatic carbocycles. The summed E-state index contributed by atoms with van der Waals surface area (Å²) < 4.78 is 18.1. The smallest absolute Gasteiger partial charge is 0.123 e. The van der Waals surface area contributed by atoms with Gasteiger partial charge in [0.1, 0.15) is 11.6 Å². The molecule has 0 atom stereocenters. The molecule has 4 heteroatoms. The van der Waals surface area contributed by atoms with Crippen LogP contribution in [0.3, 0.4) is 0 Å². The molecular formula is C12H15FN2O. The van der Waals surface area contributed by atoms with E-state index in [0.29, 0.717) is 18.7 Å². The van der Waals surface area contributed by atoms with Crippen molar-refractivity contribution in [1.29, 1.82) is 5.26 Å². The first-order chi connectivity index (χ1) is 7.77. The lowest BCUT2D eigenvalue weighted by atomic mass is 10.2. The summed E-state index contributed by atoms with van der Waals surface area (Å²) in [6.07, 6.45) is 1.33. The highest BCUT2D eigenvalue weighted by atomic mass is 19.1. The summed E-state index contributed by atoms with van der Waals surface area (Å²) in [5, 5.41) is 11.5. The average Bonchev–Trinajstić information content (AvgIpc) is 2.29. The van der Waals surface area contributed by atoms with Crippen LogP contribution in [-0.4, -0.2) is 13.7 Å². The molecule has 1 rings (SSSR count). The Kier molecular flexibility index (Phi) is 5.30. The van der Waals surface area contributed by atoms with Crippen molar-refractivity contribution in [3.63, 3.8) is 0 Å². The fourth-order valence-electron chi connectivity index (χ4n) is 1.40. The molecule has 1 N–H and O–H groups in total. The van der Waals surface area contributed by atoms with Crippen molar-refractivity contribution in [1.82, 2.24) is 5.32 Å². The van der Waals surface area contributed by atoms with Gasteiger partial charge in [-0.1, -0.05) is 0 Å². The minimum atomic E-state index is -0.269. The molecule has 0 heterocycles. The predicted octanol–water partition coefficient (Wildman–Crippen LogP) is 2.23. The number of methoxy groups -OCH3 is 1. The monoisotopic (exact) mass is 222 g/mol. The lowest BCUT2D eigenvalue weighted by Crippen LogP contribution is -2.15. The molecule has 0 radical (unpaired) electrons. The van der Waals surface area contributed by atoms with Crippen molar-refractivity contribution in [3.05, 3.63) is 29.6 Å². The van der Waals surface area contributed by atoms with Crippen molar-refractivity contribution in [2.75, 3.05) is 13.7 Å². The largest absolute Gasteiger partial charge is 0.496 e. The van der Waals surface area contributed by atoms with Crippen LogP contribution in [0.1, 0.15) is 18.4 Å². The van der Waals surface area contributed by atoms with Gasteiger partial charge in [-0.05, 0) is 31.2 Å². The Hall–Kier alpha value is -1.60. The summed E-state index contributed by atoms with van der Waals surface area (Å²) in [4.78, 5) is 0. The van der Waals surface area contributed by atoms with Crippen molar-refractivity contribution in [2.24, 2.45) is 0 Å². The van der Waals surface area contributed by atoms with Crippen LogP contribution >= 0.6 is 0 Å². The lowest BCUT2D eigenvalue weighted by molar-refractivity contribution is 0.406. The third-order valence-electron chi connectivity index (χ3n) is 2.20. The van der Waals surface area contributed by atoms with Gasteiger partial charge in [-0.15, -0.1) is 0 Å². The molecule has 1 aromatic rings. The van der Waals surface area contributed by atoms with Gasteiger partial charge in [-0.2, -0.15) is 5.26 Å². The second-order valence-electron chi connectivity index (χ2n) is 3.39. The third kappa shape index (κ3) is 3.87. The molecule has 0 aliphatic rings. The molecule has 3 nitrogen and oxygen atoms in total. The number of nitrogens with one attached hydrogen (secondary N) is 1. The highest BCUT2D eigenvalue weighted by Gasteiger charge is 2.03. The molecular weight excluding hydrogens is 207 g/mol. The fourth-order valence-corrected chi connectivity index (χ4v) is 1.40. The molecule has 86 valence electrons. The fraction of sp³-hybridized carbons (Fsp3) is 0.417. The summed E-state index contributed by atoms with van der Waals surface area (Å²) in [5.74, 6) is 0.406. The summed E-state index contributed by atoms with van der Waals surface area (Å²) in [7, 11) is 1.56. The Bertz CT molecular complexity index is 374. The number of unbranched alkanes of at least 4 members (excludes halogenated alkanes) is 1. The standard InChI is InChI=1S/C12H15FN2O/c1-16-12-5-4-11(13)8-10(12)9-15-7-3-2-6-14/h4-5,8,15H,2-3,7,9H2,1H3. The normalized spacial score (nSPS) is 9.81. The third-order valence-corrected chi connectivity index (χ3v) is 2.20. The summed E-state index contributed by atoms with van der Waals surface area (Å²) in [6, 6.07) is 6.51. The molecule has 0 saturated heterocycles. The topological polar surface area (TPSA) is 45.0 Å². The van der Waals surface area contributed by atoms with Gasteiger partial charge in [0.25, 0.3) is 0 Å². The van der Waals surface area contributed by atoms with Crippen molar-refractivity contribution >= 4 is 0 Å². The number of halogens is 1. The quantitative estimate of drug-likeness (QED) is 0.751. The van der Waals surface area contributed by atoms with Crippen LogP contribution in [0, 0.1) is 17.1 Å². The molecule has 0 spiro atoms. The summed E-state index contributed by atoms with van der Waals surface area (Å²) in [6.45, 7) is 1.29. The molecule has 0 unspecified atom stereocenters. The zero-order valence-electron chi connectivity index (χ0n) is 9.29. The molecule has 1 aromatic carbocycles. The second-order valence-corrected chi connectivity index (χ2v) is 3.39. The maximum absolute atomic E-state index is 13.0. The number of hydrogen-bond acceptors (Lipinski definition) is 3. The minimum absolute atomic E-state index is 0.269. The van der Waals surface area contributed by atoms with Crippen molar-refractivity contribution in [3.8, 4) is 11.8 Å². The van der Waals surface area contributed by atoms with E-state index in [4.69, 9.17) is 10.00 Å². The highest BCUT2D eigenvalue weighted by Crippen LogP contribution is 2.18. The van der Waals surface area contributed by atoms with Crippen LogP contribution in [0.25, 0.3) is 0 Å². The van der Waals surface area contributed by atoms with Gasteiger partial charge in [-0.25, -0.2) is 4.39 Å². The number of benzene rings is 1. The predicted molar refractivity (Wildman–Crippen MR) is 59.5 cm³/mol. The Morgan fingerprint density at radius 3 is 3.00 bits per heavy atom. The summed E-state index contributed by atoms with van der Waals surface area (Å²) >= 11 is 0. The van der Waals surface area contributed by atoms with E-state index in [9.17, 15) is 4.39 Å². The Morgan fingerprint density at radius 1 is 1.50 bits per heavy atom. The molecule has 0 fully saturated rings. The average molecular weight is 222 g/mol. The van der Waals surface area contributed by atoms with E-state index in [1.165, 1.54) is 12.1 Å². The number of nitrogens with zero attached hydrogens (tertiary/aromatic N) is 1. The van der Waals surface area contributed by atoms with E-state index >= 15 is 0 Å². The van der Waals surface area contributed by atoms with Crippen LogP contribution < -0.4 is 10.1 Å². The highest BCUT2D eigenvalue weighted by molar-refractivity contribution is 5.33. The number of rotatable bonds is 6. The van der Waals surface area contributed by atoms with E-state index in [1.54, 1.807) is 13.2 Å². The van der Waals surface area contributed by atoms with Crippen LogP contribution in [0.2, 0.25) is 0 Å². The zero-order chi connectivity index (χ0) is 11.8. The van der Waals surface area contributed by atoms with Gasteiger partial charge >= 0.3 is 0 Å². The zero-order valence-corrected chi connectivity index (χ0v) is 9.29. The molecule has 0 saturated carbocycles. The minimum Gasteiger partial charge on any atom is -0.496 e. The Labute approximate surface area is 94.8 Å². The number of hydrogen-bond donors (Lipinski definition) is 1. The van der Waals surface area contributed by atoms with Crippen molar-refractivity contribution < 1.29 is 9.13 Å². The van der Waals surface area contributed by atoms with Gasteiger partial charge < -0.3 is 10.1 Å². The number of ether oxygens (including phenoxy) is 1. The lowest BCUT2D eigenvalue weighted by Gasteiger charge is -2.09. The summed E-state index contributed by atoms with van der Waals surface area (Å²) in [5.41, 5.74) is 0.791. The molecule has 0 aliphatic heterocycles. The van der Waals surface area contributed by atoms with Crippen LogP contribution in [-0.2, 0) is 6.54 Å². The van der Waals surface area contributed by atoms with E-state index < -0.39 is 0 Å². The van der Waals surface area contributed by atoms with E-state index in [0.717, 1.165) is 18.5 Å². The van der Waals surface area contributed by atoms with Gasteiger partial charge in [-0.3, -0.25) is 0 Å². The second kappa shape index (κ2) is 6.81. The Balaban J connectivity index is 2.46. The van der Waals surface area contributed by atoms with Gasteiger partial charge in [0.05, 0.1) is 13.2 Å². The van der Waals surface area contributed by atoms with Gasteiger partial charge in [0.2, 0.25) is 0 Å². The Morgan fingerprint density at radius 2 is 2.31 bits per heavy atom. The van der Waals surface area contributed by atoms with Gasteiger partial charge in [0.15, 0.2) is 0 Å². The first kappa shape index (κ1) is 12.5. The van der Waals surface area contributed by atoms with Crippen LogP contribution in [0.4, 0.5) is 4.39 Å². The number of nitriles is 1. The van der Waals surface area contributed by atoms with Crippen LogP contribution in [0.5, 0.6) is 5.75 Å². The van der Waals surface area contributed by atoms with Crippen molar-refractivity contribution in [2.45, 2.75) is 19.4 Å². The van der Waals surface area contributed by atoms with E-state index in [2.05, 4.69) is 11.4 Å². The maximum Gasteiger partial charge on any atom is 0.123 e.